The average molecular weight is 359 g/mol. The second-order valence-corrected chi connectivity index (χ2v) is 4.58. The highest BCUT2D eigenvalue weighted by atomic mass is 79.9. The van der Waals surface area contributed by atoms with Gasteiger partial charge in [-0.3, -0.25) is 0 Å². The molecule has 0 aromatic heterocycles. The third-order valence-corrected chi connectivity index (χ3v) is 3.07. The zero-order valence-electron chi connectivity index (χ0n) is 10.0. The Bertz CT molecular complexity index is 506. The topological polar surface area (TPSA) is 67.8 Å². The summed E-state index contributed by atoms with van der Waals surface area (Å²) < 4.78 is 54.4. The minimum Gasteiger partial charge on any atom is -0.490 e. The second-order valence-electron chi connectivity index (χ2n) is 3.79. The van der Waals surface area contributed by atoms with E-state index in [-0.39, 0.29) is 34.6 Å². The van der Waals surface area contributed by atoms with Gasteiger partial charge < -0.3 is 15.7 Å². The molecule has 0 aliphatic heterocycles. The maximum absolute atomic E-state index is 13.8. The molecular weight excluding hydrogens is 348 g/mol. The maximum Gasteiger partial charge on any atom is 0.389 e. The molecular formula is C11H11BrF4N2O2. The number of nitrogens with two attached hydrogens (primary N) is 1. The standard InChI is InChI=1S/C11H11BrF4N2O2/c12-8-6(10(17)18-19)2-3-7(9(8)13)20-5-1-4-11(14,15)16/h2-3,19H,1,4-5H2,(H2,17,18). The van der Waals surface area contributed by atoms with E-state index in [2.05, 4.69) is 21.1 Å². The summed E-state index contributed by atoms with van der Waals surface area (Å²) in [4.78, 5) is 0. The summed E-state index contributed by atoms with van der Waals surface area (Å²) in [5.41, 5.74) is 5.43. The fourth-order valence-electron chi connectivity index (χ4n) is 1.35. The molecule has 0 radical (unpaired) electrons. The van der Waals surface area contributed by atoms with E-state index in [0.29, 0.717) is 0 Å². The van der Waals surface area contributed by atoms with Gasteiger partial charge in [-0.1, -0.05) is 5.16 Å². The van der Waals surface area contributed by atoms with Gasteiger partial charge in [0.05, 0.1) is 11.1 Å². The normalized spacial score (nSPS) is 12.6. The number of hydrogen-bond acceptors (Lipinski definition) is 3. The number of nitrogens with zero attached hydrogens (tertiary/aromatic N) is 1. The van der Waals surface area contributed by atoms with Gasteiger partial charge in [0, 0.05) is 12.0 Å². The van der Waals surface area contributed by atoms with Gasteiger partial charge in [0.15, 0.2) is 17.4 Å². The molecule has 0 amide bonds. The highest BCUT2D eigenvalue weighted by Gasteiger charge is 2.26. The van der Waals surface area contributed by atoms with Crippen LogP contribution in [0.15, 0.2) is 21.8 Å². The molecule has 0 spiro atoms. The molecule has 1 rings (SSSR count). The Balaban J connectivity index is 2.72. The Morgan fingerprint density at radius 2 is 2.05 bits per heavy atom. The number of oxime groups is 1. The summed E-state index contributed by atoms with van der Waals surface area (Å²) in [7, 11) is 0. The molecule has 1 aromatic carbocycles. The number of rotatable bonds is 5. The van der Waals surface area contributed by atoms with E-state index < -0.39 is 18.4 Å². The number of alkyl halides is 3. The lowest BCUT2D eigenvalue weighted by atomic mass is 10.2. The van der Waals surface area contributed by atoms with Crippen LogP contribution in [0.3, 0.4) is 0 Å². The molecule has 0 unspecified atom stereocenters. The van der Waals surface area contributed by atoms with Gasteiger partial charge in [-0.25, -0.2) is 4.39 Å². The molecule has 9 heteroatoms. The van der Waals surface area contributed by atoms with E-state index >= 15 is 0 Å². The van der Waals surface area contributed by atoms with Crippen molar-refractivity contribution in [3.05, 3.63) is 28.0 Å². The van der Waals surface area contributed by atoms with Crippen molar-refractivity contribution in [2.75, 3.05) is 6.61 Å². The van der Waals surface area contributed by atoms with E-state index in [1.54, 1.807) is 0 Å². The van der Waals surface area contributed by atoms with E-state index in [4.69, 9.17) is 15.7 Å². The molecule has 0 heterocycles. The molecule has 0 atom stereocenters. The van der Waals surface area contributed by atoms with Gasteiger partial charge in [0.2, 0.25) is 0 Å². The largest absolute Gasteiger partial charge is 0.490 e. The minimum atomic E-state index is -4.27. The summed E-state index contributed by atoms with van der Waals surface area (Å²) in [5.74, 6) is -1.35. The van der Waals surface area contributed by atoms with Crippen LogP contribution in [-0.4, -0.2) is 23.8 Å². The van der Waals surface area contributed by atoms with Crippen LogP contribution in [-0.2, 0) is 0 Å². The van der Waals surface area contributed by atoms with Gasteiger partial charge in [-0.05, 0) is 34.5 Å². The smallest absolute Gasteiger partial charge is 0.389 e. The van der Waals surface area contributed by atoms with Gasteiger partial charge in [-0.2, -0.15) is 13.2 Å². The SMILES string of the molecule is N/C(=N/O)c1ccc(OCCCC(F)(F)F)c(F)c1Br. The average Bonchev–Trinajstić information content (AvgIpc) is 2.37. The van der Waals surface area contributed by atoms with Crippen molar-refractivity contribution >= 4 is 21.8 Å². The first-order valence-electron chi connectivity index (χ1n) is 5.41. The third-order valence-electron chi connectivity index (χ3n) is 2.29. The van der Waals surface area contributed by atoms with E-state index in [1.807, 2.05) is 0 Å². The lowest BCUT2D eigenvalue weighted by molar-refractivity contribution is -0.136. The third kappa shape index (κ3) is 4.55. The van der Waals surface area contributed by atoms with E-state index in [1.165, 1.54) is 12.1 Å². The van der Waals surface area contributed by atoms with Gasteiger partial charge >= 0.3 is 6.18 Å². The van der Waals surface area contributed by atoms with Crippen molar-refractivity contribution < 1.29 is 27.5 Å². The Labute approximate surface area is 120 Å². The van der Waals surface area contributed by atoms with Crippen molar-refractivity contribution in [3.8, 4) is 5.75 Å². The highest BCUT2D eigenvalue weighted by Crippen LogP contribution is 2.29. The number of amidine groups is 1. The molecule has 4 nitrogen and oxygen atoms in total. The molecule has 0 bridgehead atoms. The Hall–Kier alpha value is -1.51. The Kier molecular flexibility index (Phi) is 5.61. The second kappa shape index (κ2) is 6.78. The van der Waals surface area contributed by atoms with E-state index in [9.17, 15) is 17.6 Å². The molecule has 0 saturated heterocycles. The zero-order valence-corrected chi connectivity index (χ0v) is 11.6. The number of ether oxygens (including phenoxy) is 1. The number of halogens is 5. The molecule has 0 aliphatic rings. The molecule has 112 valence electrons. The summed E-state index contributed by atoms with van der Waals surface area (Å²) in [6.07, 6.45) is -5.54. The molecule has 1 aromatic rings. The first-order chi connectivity index (χ1) is 9.26. The Morgan fingerprint density at radius 3 is 2.60 bits per heavy atom. The summed E-state index contributed by atoms with van der Waals surface area (Å²) in [6, 6.07) is 2.52. The van der Waals surface area contributed by atoms with Crippen LogP contribution < -0.4 is 10.5 Å². The molecule has 0 fully saturated rings. The van der Waals surface area contributed by atoms with Crippen molar-refractivity contribution in [2.24, 2.45) is 10.9 Å². The van der Waals surface area contributed by atoms with Crippen molar-refractivity contribution in [3.63, 3.8) is 0 Å². The first-order valence-corrected chi connectivity index (χ1v) is 6.21. The van der Waals surface area contributed by atoms with Crippen LogP contribution in [0, 0.1) is 5.82 Å². The highest BCUT2D eigenvalue weighted by molar-refractivity contribution is 9.10. The lowest BCUT2D eigenvalue weighted by Gasteiger charge is -2.11. The molecule has 0 aliphatic carbocycles. The molecule has 0 saturated carbocycles. The van der Waals surface area contributed by atoms with Gasteiger partial charge in [0.25, 0.3) is 0 Å². The fraction of sp³-hybridized carbons (Fsp3) is 0.364. The monoisotopic (exact) mass is 358 g/mol. The van der Waals surface area contributed by atoms with Crippen LogP contribution in [0.4, 0.5) is 17.6 Å². The van der Waals surface area contributed by atoms with Crippen molar-refractivity contribution in [1.82, 2.24) is 0 Å². The van der Waals surface area contributed by atoms with Crippen LogP contribution in [0.5, 0.6) is 5.75 Å². The minimum absolute atomic E-state index is 0.0962. The predicted molar refractivity (Wildman–Crippen MR) is 67.4 cm³/mol. The van der Waals surface area contributed by atoms with Crippen LogP contribution >= 0.6 is 15.9 Å². The van der Waals surface area contributed by atoms with Crippen LogP contribution in [0.1, 0.15) is 18.4 Å². The van der Waals surface area contributed by atoms with Crippen LogP contribution in [0.25, 0.3) is 0 Å². The van der Waals surface area contributed by atoms with E-state index in [0.717, 1.165) is 0 Å². The lowest BCUT2D eigenvalue weighted by Crippen LogP contribution is -2.15. The van der Waals surface area contributed by atoms with Crippen molar-refractivity contribution in [1.29, 1.82) is 0 Å². The molecule has 3 N–H and O–H groups in total. The number of hydrogen-bond donors (Lipinski definition) is 2. The fourth-order valence-corrected chi connectivity index (χ4v) is 1.88. The summed E-state index contributed by atoms with van der Waals surface area (Å²) in [5, 5.41) is 11.2. The zero-order chi connectivity index (χ0) is 15.3. The predicted octanol–water partition coefficient (Wildman–Crippen LogP) is 3.40. The van der Waals surface area contributed by atoms with Gasteiger partial charge in [-0.15, -0.1) is 0 Å². The Morgan fingerprint density at radius 1 is 1.40 bits per heavy atom. The first kappa shape index (κ1) is 16.5. The summed E-state index contributed by atoms with van der Waals surface area (Å²) in [6.45, 7) is -0.272. The summed E-state index contributed by atoms with van der Waals surface area (Å²) >= 11 is 2.91. The van der Waals surface area contributed by atoms with Crippen LogP contribution in [0.2, 0.25) is 0 Å². The quantitative estimate of drug-likeness (QED) is 0.211. The van der Waals surface area contributed by atoms with Gasteiger partial charge in [0.1, 0.15) is 0 Å². The molecule has 20 heavy (non-hydrogen) atoms. The number of benzene rings is 1. The maximum atomic E-state index is 13.8. The van der Waals surface area contributed by atoms with Crippen molar-refractivity contribution in [2.45, 2.75) is 19.0 Å².